The molecule has 0 N–H and O–H groups in total. The van der Waals surface area contributed by atoms with Crippen molar-refractivity contribution in [3.8, 4) is 6.07 Å². The summed E-state index contributed by atoms with van der Waals surface area (Å²) in [5.41, 5.74) is -0.298. The van der Waals surface area contributed by atoms with Gasteiger partial charge in [0.1, 0.15) is 18.2 Å². The van der Waals surface area contributed by atoms with E-state index in [1.807, 2.05) is 24.3 Å². The molecule has 0 fully saturated rings. The van der Waals surface area contributed by atoms with Crippen LogP contribution in [0.15, 0.2) is 44.6 Å². The van der Waals surface area contributed by atoms with Gasteiger partial charge in [0.15, 0.2) is 5.82 Å². The van der Waals surface area contributed by atoms with E-state index in [4.69, 9.17) is 21.4 Å². The maximum atomic E-state index is 12.1. The molecule has 132 valence electrons. The Hall–Kier alpha value is -3.18. The molecule has 0 amide bonds. The van der Waals surface area contributed by atoms with E-state index >= 15 is 0 Å². The number of hydrogen-bond donors (Lipinski definition) is 0. The second kappa shape index (κ2) is 7.37. The molecule has 0 saturated carbocycles. The lowest BCUT2D eigenvalue weighted by Gasteiger charge is -2.04. The fourth-order valence-corrected chi connectivity index (χ4v) is 2.57. The number of aryl methyl sites for hydroxylation is 3. The Labute approximate surface area is 152 Å². The van der Waals surface area contributed by atoms with Gasteiger partial charge < -0.3 is 9.09 Å². The van der Waals surface area contributed by atoms with Crippen molar-refractivity contribution in [1.82, 2.24) is 19.3 Å². The average molecular weight is 372 g/mol. The van der Waals surface area contributed by atoms with Crippen molar-refractivity contribution in [3.63, 3.8) is 0 Å². The Bertz CT molecular complexity index is 1090. The van der Waals surface area contributed by atoms with E-state index in [1.54, 1.807) is 6.07 Å². The first-order valence-corrected chi connectivity index (χ1v) is 8.12. The molecule has 2 aromatic heterocycles. The van der Waals surface area contributed by atoms with Gasteiger partial charge in [-0.15, -0.1) is 0 Å². The van der Waals surface area contributed by atoms with Crippen LogP contribution in [-0.2, 0) is 26.4 Å². The zero-order chi connectivity index (χ0) is 18.7. The van der Waals surface area contributed by atoms with Crippen molar-refractivity contribution in [2.45, 2.75) is 19.4 Å². The van der Waals surface area contributed by atoms with Gasteiger partial charge in [0.25, 0.3) is 5.56 Å². The summed E-state index contributed by atoms with van der Waals surface area (Å²) in [5.74, 6) is 0.599. The molecule has 0 bridgehead atoms. The van der Waals surface area contributed by atoms with Gasteiger partial charge in [-0.2, -0.15) is 10.2 Å². The molecule has 2 heterocycles. The molecule has 3 aromatic rings. The average Bonchev–Trinajstić information content (AvgIpc) is 3.09. The molecule has 1 aromatic carbocycles. The molecule has 0 saturated heterocycles. The molecule has 3 rings (SSSR count). The normalized spacial score (nSPS) is 10.7. The topological polar surface area (TPSA) is 107 Å². The van der Waals surface area contributed by atoms with E-state index < -0.39 is 11.2 Å². The number of benzene rings is 1. The van der Waals surface area contributed by atoms with Crippen LogP contribution in [0.5, 0.6) is 0 Å². The Balaban J connectivity index is 1.76. The van der Waals surface area contributed by atoms with Crippen LogP contribution in [0.25, 0.3) is 0 Å². The first-order chi connectivity index (χ1) is 12.5. The smallest absolute Gasteiger partial charge is 0.331 e. The minimum Gasteiger partial charge on any atom is -0.337 e. The first-order valence-electron chi connectivity index (χ1n) is 7.74. The minimum atomic E-state index is -0.684. The molecule has 9 heteroatoms. The highest BCUT2D eigenvalue weighted by atomic mass is 35.5. The van der Waals surface area contributed by atoms with E-state index in [0.717, 1.165) is 14.7 Å². The van der Waals surface area contributed by atoms with Gasteiger partial charge in [0.05, 0.1) is 0 Å². The van der Waals surface area contributed by atoms with Gasteiger partial charge in [-0.25, -0.2) is 9.36 Å². The fourth-order valence-electron chi connectivity index (χ4n) is 2.44. The predicted molar refractivity (Wildman–Crippen MR) is 92.9 cm³/mol. The van der Waals surface area contributed by atoms with Crippen molar-refractivity contribution < 1.29 is 4.52 Å². The van der Waals surface area contributed by atoms with Gasteiger partial charge >= 0.3 is 5.69 Å². The van der Waals surface area contributed by atoms with Crippen LogP contribution in [0.1, 0.15) is 22.8 Å². The molecule has 0 aliphatic heterocycles. The summed E-state index contributed by atoms with van der Waals surface area (Å²) in [6.45, 7) is -0.186. The van der Waals surface area contributed by atoms with Gasteiger partial charge in [0.2, 0.25) is 5.89 Å². The van der Waals surface area contributed by atoms with Crippen LogP contribution in [0.4, 0.5) is 0 Å². The fraction of sp³-hybridized carbons (Fsp3) is 0.235. The third kappa shape index (κ3) is 3.73. The van der Waals surface area contributed by atoms with Gasteiger partial charge in [-0.1, -0.05) is 28.9 Å². The molecule has 26 heavy (non-hydrogen) atoms. The molecular formula is C17H14ClN5O3. The van der Waals surface area contributed by atoms with Crippen molar-refractivity contribution in [1.29, 1.82) is 5.26 Å². The highest BCUT2D eigenvalue weighted by Gasteiger charge is 2.14. The molecule has 0 radical (unpaired) electrons. The number of nitrogens with zero attached hydrogens (tertiary/aromatic N) is 5. The number of nitriles is 1. The van der Waals surface area contributed by atoms with Crippen molar-refractivity contribution in [2.24, 2.45) is 7.05 Å². The lowest BCUT2D eigenvalue weighted by molar-refractivity contribution is 0.361. The number of hydrogen-bond acceptors (Lipinski definition) is 6. The summed E-state index contributed by atoms with van der Waals surface area (Å²) in [7, 11) is 1.46. The Morgan fingerprint density at radius 2 is 1.96 bits per heavy atom. The van der Waals surface area contributed by atoms with E-state index in [-0.39, 0.29) is 18.0 Å². The van der Waals surface area contributed by atoms with Crippen molar-refractivity contribution in [2.75, 3.05) is 0 Å². The highest BCUT2D eigenvalue weighted by molar-refractivity contribution is 6.30. The summed E-state index contributed by atoms with van der Waals surface area (Å²) in [6, 6.07) is 9.22. The zero-order valence-electron chi connectivity index (χ0n) is 13.8. The standard InChI is InChI=1S/C17H14ClN5O3/c1-22-9-12(8-19)16(24)23(17(22)25)10-15-20-14(21-26-15)7-4-11-2-5-13(18)6-3-11/h2-3,5-6,9H,4,7,10H2,1H3. The summed E-state index contributed by atoms with van der Waals surface area (Å²) < 4.78 is 7.19. The second-order valence-electron chi connectivity index (χ2n) is 5.67. The van der Waals surface area contributed by atoms with Gasteiger partial charge in [-0.05, 0) is 24.1 Å². The molecular weight excluding hydrogens is 358 g/mol. The van der Waals surface area contributed by atoms with Crippen LogP contribution in [-0.4, -0.2) is 19.3 Å². The predicted octanol–water partition coefficient (Wildman–Crippen LogP) is 1.29. The van der Waals surface area contributed by atoms with E-state index in [1.165, 1.54) is 13.2 Å². The van der Waals surface area contributed by atoms with Crippen LogP contribution in [0, 0.1) is 11.3 Å². The molecule has 0 unspecified atom stereocenters. The first kappa shape index (κ1) is 17.6. The monoisotopic (exact) mass is 371 g/mol. The Kier molecular flexibility index (Phi) is 5.00. The lowest BCUT2D eigenvalue weighted by Crippen LogP contribution is -2.40. The lowest BCUT2D eigenvalue weighted by atomic mass is 10.1. The number of aromatic nitrogens is 4. The van der Waals surface area contributed by atoms with Crippen LogP contribution in [0.3, 0.4) is 0 Å². The maximum Gasteiger partial charge on any atom is 0.331 e. The van der Waals surface area contributed by atoms with E-state index in [0.29, 0.717) is 23.7 Å². The van der Waals surface area contributed by atoms with E-state index in [9.17, 15) is 9.59 Å². The molecule has 8 nitrogen and oxygen atoms in total. The highest BCUT2D eigenvalue weighted by Crippen LogP contribution is 2.11. The maximum absolute atomic E-state index is 12.1. The van der Waals surface area contributed by atoms with Crippen LogP contribution in [0.2, 0.25) is 5.02 Å². The number of rotatable bonds is 5. The molecule has 0 spiro atoms. The Morgan fingerprint density at radius 1 is 1.23 bits per heavy atom. The number of halogens is 1. The summed E-state index contributed by atoms with van der Waals surface area (Å²) in [4.78, 5) is 28.5. The summed E-state index contributed by atoms with van der Waals surface area (Å²) in [6.07, 6.45) is 2.44. The third-order valence-corrected chi connectivity index (χ3v) is 4.06. The summed E-state index contributed by atoms with van der Waals surface area (Å²) in [5, 5.41) is 13.5. The van der Waals surface area contributed by atoms with Crippen molar-refractivity contribution in [3.05, 3.63) is 79.2 Å². The quantitative estimate of drug-likeness (QED) is 0.668. The zero-order valence-corrected chi connectivity index (χ0v) is 14.6. The Morgan fingerprint density at radius 3 is 2.65 bits per heavy atom. The van der Waals surface area contributed by atoms with E-state index in [2.05, 4.69) is 10.1 Å². The SMILES string of the molecule is Cn1cc(C#N)c(=O)n(Cc2nc(CCc3ccc(Cl)cc3)no2)c1=O. The molecule has 0 aliphatic rings. The van der Waals surface area contributed by atoms with Crippen LogP contribution >= 0.6 is 11.6 Å². The third-order valence-electron chi connectivity index (χ3n) is 3.81. The molecule has 0 aliphatic carbocycles. The van der Waals surface area contributed by atoms with Gasteiger partial charge in [-0.3, -0.25) is 4.79 Å². The van der Waals surface area contributed by atoms with Crippen molar-refractivity contribution >= 4 is 11.6 Å². The summed E-state index contributed by atoms with van der Waals surface area (Å²) >= 11 is 5.85. The van der Waals surface area contributed by atoms with Gasteiger partial charge in [0, 0.05) is 24.7 Å². The van der Waals surface area contributed by atoms with Crippen LogP contribution < -0.4 is 11.2 Å². The second-order valence-corrected chi connectivity index (χ2v) is 6.11. The largest absolute Gasteiger partial charge is 0.337 e. The molecule has 0 atom stereocenters. The minimum absolute atomic E-state index is 0.130.